The van der Waals surface area contributed by atoms with Crippen LogP contribution < -0.4 is 16.0 Å². The maximum absolute atomic E-state index is 14.8. The molecule has 13 heteroatoms. The number of Topliss-reactive ketones (excluding diaryl/α,β-unsaturated/α-hetero) is 1. The number of esters is 1. The van der Waals surface area contributed by atoms with Crippen LogP contribution in [-0.2, 0) is 38.1 Å². The highest BCUT2D eigenvalue weighted by molar-refractivity contribution is 6.04. The number of hydrogen-bond acceptors (Lipinski definition) is 13. The van der Waals surface area contributed by atoms with E-state index in [1.807, 2.05) is 46.7 Å². The Hall–Kier alpha value is -1.71. The standard InChI is InChI=1S/C38H68N4O9/c1-11-29-38(12-2,48-22-43)31(39-8)25(5)41-19-23(3)18-37(7)33(24(4)32(45)36(6,15-16-47-37)35(46)50-29)51-34-30(44)28(42(9)10)17-27(49-34)21-40-20-26-13-14-26/h22-31,33-34,39-41,44H,11-21H2,1-10H3/t23-,24+,25-,27+,28+,29-,30-,31-,33-,34+,36-,37+,38-/m1/s1. The lowest BCUT2D eigenvalue weighted by atomic mass is 9.70. The summed E-state index contributed by atoms with van der Waals surface area (Å²) in [5, 5.41) is 22.2. The predicted molar refractivity (Wildman–Crippen MR) is 193 cm³/mol. The Kier molecular flexibility index (Phi) is 14.5. The number of ketones is 1. The summed E-state index contributed by atoms with van der Waals surface area (Å²) in [7, 11) is 5.68. The zero-order valence-corrected chi connectivity index (χ0v) is 32.9. The van der Waals surface area contributed by atoms with Gasteiger partial charge in [0.15, 0.2) is 17.7 Å². The van der Waals surface area contributed by atoms with Crippen molar-refractivity contribution in [2.45, 2.75) is 153 Å². The zero-order chi connectivity index (χ0) is 37.7. The number of nitrogens with one attached hydrogen (secondary N) is 3. The molecule has 2 bridgehead atoms. The van der Waals surface area contributed by atoms with E-state index in [4.69, 9.17) is 23.7 Å². The van der Waals surface area contributed by atoms with Crippen LogP contribution in [0.2, 0.25) is 0 Å². The molecule has 0 aromatic rings. The van der Waals surface area contributed by atoms with E-state index in [0.717, 1.165) is 6.54 Å². The molecule has 1 saturated carbocycles. The smallest absolute Gasteiger partial charge is 0.319 e. The number of fused-ring (bicyclic) bond motifs is 13. The minimum Gasteiger partial charge on any atom is -0.457 e. The van der Waals surface area contributed by atoms with E-state index in [9.17, 15) is 19.5 Å². The molecule has 0 unspecified atom stereocenters. The molecule has 0 spiro atoms. The second-order valence-corrected chi connectivity index (χ2v) is 16.5. The summed E-state index contributed by atoms with van der Waals surface area (Å²) in [6.07, 6.45) is 0.569. The molecule has 0 aromatic heterocycles. The Morgan fingerprint density at radius 3 is 2.41 bits per heavy atom. The summed E-state index contributed by atoms with van der Waals surface area (Å²) < 4.78 is 32.3. The highest BCUT2D eigenvalue weighted by Gasteiger charge is 2.57. The van der Waals surface area contributed by atoms with Crippen molar-refractivity contribution in [3.05, 3.63) is 0 Å². The number of likely N-dealkylation sites (N-methyl/N-ethyl adjacent to an activating group) is 2. The number of carbonyl (C=O) groups is 3. The summed E-state index contributed by atoms with van der Waals surface area (Å²) in [4.78, 5) is 43.2. The van der Waals surface area contributed by atoms with Crippen molar-refractivity contribution in [3.63, 3.8) is 0 Å². The van der Waals surface area contributed by atoms with Crippen molar-refractivity contribution in [1.82, 2.24) is 20.9 Å². The van der Waals surface area contributed by atoms with Gasteiger partial charge in [-0.15, -0.1) is 0 Å². The number of nitrogens with zero attached hydrogens (tertiary/aromatic N) is 1. The van der Waals surface area contributed by atoms with E-state index in [2.05, 4.69) is 22.9 Å². The predicted octanol–water partition coefficient (Wildman–Crippen LogP) is 2.42. The second-order valence-electron chi connectivity index (χ2n) is 16.5. The number of carbonyl (C=O) groups excluding carboxylic acids is 3. The molecule has 4 N–H and O–H groups in total. The average molecular weight is 725 g/mol. The van der Waals surface area contributed by atoms with Crippen LogP contribution in [0.25, 0.3) is 0 Å². The SMILES string of the molecule is CC[C@H]1OC(=O)[C@]2(C)CCO[C@@](C)(C[C@@H](C)CN[C@H](C)[C@@H](NC)[C@]1(CC)OC=O)[C@H](O[C@@H]1O[C@H](CNCC3CC3)C[C@H](N(C)C)[C@H]1O)[C@@H](C)C2=O. The summed E-state index contributed by atoms with van der Waals surface area (Å²) in [5.41, 5.74) is -3.75. The maximum atomic E-state index is 14.8. The summed E-state index contributed by atoms with van der Waals surface area (Å²) in [6, 6.07) is -0.854. The van der Waals surface area contributed by atoms with Crippen LogP contribution >= 0.6 is 0 Å². The first-order valence-corrected chi connectivity index (χ1v) is 19.4. The molecule has 4 saturated heterocycles. The van der Waals surface area contributed by atoms with Gasteiger partial charge in [-0.2, -0.15) is 0 Å². The molecule has 4 heterocycles. The van der Waals surface area contributed by atoms with Crippen LogP contribution in [0.5, 0.6) is 0 Å². The third kappa shape index (κ3) is 9.16. The van der Waals surface area contributed by atoms with Crippen molar-refractivity contribution in [1.29, 1.82) is 0 Å². The number of aliphatic hydroxyl groups is 1. The molecule has 51 heavy (non-hydrogen) atoms. The lowest BCUT2D eigenvalue weighted by Crippen LogP contribution is -2.66. The minimum atomic E-state index is -1.57. The fourth-order valence-corrected chi connectivity index (χ4v) is 9.04. The molecule has 0 radical (unpaired) electrons. The Balaban J connectivity index is 1.74. The average Bonchev–Trinajstić information content (AvgIpc) is 3.92. The highest BCUT2D eigenvalue weighted by Crippen LogP contribution is 2.43. The fourth-order valence-electron chi connectivity index (χ4n) is 9.04. The normalized spacial score (nSPS) is 43.2. The van der Waals surface area contributed by atoms with Gasteiger partial charge in [0.2, 0.25) is 0 Å². The van der Waals surface area contributed by atoms with Gasteiger partial charge >= 0.3 is 5.97 Å². The first-order chi connectivity index (χ1) is 24.1. The van der Waals surface area contributed by atoms with E-state index >= 15 is 0 Å². The highest BCUT2D eigenvalue weighted by atomic mass is 16.7. The number of ether oxygens (including phenoxy) is 5. The van der Waals surface area contributed by atoms with Gasteiger partial charge in [0.05, 0.1) is 23.9 Å². The second kappa shape index (κ2) is 17.6. The van der Waals surface area contributed by atoms with Gasteiger partial charge in [0.25, 0.3) is 6.47 Å². The van der Waals surface area contributed by atoms with Gasteiger partial charge in [-0.3, -0.25) is 14.4 Å². The van der Waals surface area contributed by atoms with Gasteiger partial charge in [0, 0.05) is 31.2 Å². The maximum Gasteiger partial charge on any atom is 0.319 e. The van der Waals surface area contributed by atoms with Gasteiger partial charge < -0.3 is 49.6 Å². The number of hydrogen-bond donors (Lipinski definition) is 4. The van der Waals surface area contributed by atoms with E-state index in [1.165, 1.54) is 12.8 Å². The van der Waals surface area contributed by atoms with Crippen LogP contribution in [0.1, 0.15) is 93.4 Å². The Bertz CT molecular complexity index is 1170. The zero-order valence-electron chi connectivity index (χ0n) is 32.9. The first kappa shape index (κ1) is 42.0. The van der Waals surface area contributed by atoms with Gasteiger partial charge in [0.1, 0.15) is 17.6 Å². The van der Waals surface area contributed by atoms with Crippen molar-refractivity contribution in [2.75, 3.05) is 47.4 Å². The van der Waals surface area contributed by atoms with Crippen molar-refractivity contribution < 1.29 is 43.2 Å². The summed E-state index contributed by atoms with van der Waals surface area (Å²) in [6.45, 7) is 16.0. The van der Waals surface area contributed by atoms with Crippen LogP contribution in [0, 0.1) is 23.2 Å². The third-order valence-corrected chi connectivity index (χ3v) is 12.3. The Morgan fingerprint density at radius 2 is 1.82 bits per heavy atom. The molecule has 1 aliphatic carbocycles. The van der Waals surface area contributed by atoms with Crippen molar-refractivity contribution in [2.24, 2.45) is 23.2 Å². The van der Waals surface area contributed by atoms with Crippen LogP contribution in [0.4, 0.5) is 0 Å². The Morgan fingerprint density at radius 1 is 1.12 bits per heavy atom. The summed E-state index contributed by atoms with van der Waals surface area (Å²) in [5.74, 6) is -1.07. The molecular formula is C38H68N4O9. The lowest BCUT2D eigenvalue weighted by Gasteiger charge is -2.49. The summed E-state index contributed by atoms with van der Waals surface area (Å²) >= 11 is 0. The van der Waals surface area contributed by atoms with Crippen molar-refractivity contribution >= 4 is 18.2 Å². The minimum absolute atomic E-state index is 0.0493. The number of rotatable bonds is 12. The van der Waals surface area contributed by atoms with E-state index in [1.54, 1.807) is 20.9 Å². The van der Waals surface area contributed by atoms with E-state index in [0.29, 0.717) is 51.2 Å². The van der Waals surface area contributed by atoms with Crippen LogP contribution in [-0.4, -0.2) is 136 Å². The molecule has 13 atom stereocenters. The van der Waals surface area contributed by atoms with Gasteiger partial charge in [-0.05, 0) is 112 Å². The fraction of sp³-hybridized carbons (Fsp3) is 0.921. The molecule has 4 aliphatic heterocycles. The lowest BCUT2D eigenvalue weighted by molar-refractivity contribution is -0.301. The first-order valence-electron chi connectivity index (χ1n) is 19.4. The van der Waals surface area contributed by atoms with Gasteiger partial charge in [-0.1, -0.05) is 27.7 Å². The molecule has 294 valence electrons. The van der Waals surface area contributed by atoms with Crippen LogP contribution in [0.15, 0.2) is 0 Å². The van der Waals surface area contributed by atoms with Gasteiger partial charge in [-0.25, -0.2) is 0 Å². The van der Waals surface area contributed by atoms with E-state index < -0.39 is 59.1 Å². The monoisotopic (exact) mass is 724 g/mol. The quantitative estimate of drug-likeness (QED) is 0.132. The van der Waals surface area contributed by atoms with Crippen LogP contribution in [0.3, 0.4) is 0 Å². The Labute approximate surface area is 305 Å². The van der Waals surface area contributed by atoms with E-state index in [-0.39, 0.29) is 42.9 Å². The largest absolute Gasteiger partial charge is 0.457 e. The topological polar surface area (TPSA) is 157 Å². The molecule has 5 aliphatic rings. The molecule has 5 fully saturated rings. The molecule has 13 nitrogen and oxygen atoms in total. The number of aliphatic hydroxyl groups excluding tert-OH is 1. The molecule has 5 rings (SSSR count). The molecule has 0 amide bonds. The van der Waals surface area contributed by atoms with Crippen molar-refractivity contribution in [3.8, 4) is 0 Å². The third-order valence-electron chi connectivity index (χ3n) is 12.3. The molecular weight excluding hydrogens is 656 g/mol. The molecule has 0 aromatic carbocycles.